The molecular weight excluding hydrogens is 751 g/mol. The lowest BCUT2D eigenvalue weighted by Gasteiger charge is -2.25. The second-order valence-electron chi connectivity index (χ2n) is 17.1. The largest absolute Gasteiger partial charge is 0.467 e. The summed E-state index contributed by atoms with van der Waals surface area (Å²) in [6.45, 7) is 6.44. The SMILES string of the molecule is CCCCC/C=C\C/C=C\CCCCCCCCC(CCCCCCCC/C=C\C/C=C\CCCCC)CC(=O)N1C[C@@H](S(=O)(=O)c2ccc(C)cc2)C[C@H]1C(=O)OC. The summed E-state index contributed by atoms with van der Waals surface area (Å²) in [7, 11) is -2.40. The third-order valence-electron chi connectivity index (χ3n) is 11.9. The van der Waals surface area contributed by atoms with Crippen LogP contribution in [0.1, 0.15) is 199 Å². The highest BCUT2D eigenvalue weighted by Crippen LogP contribution is 2.31. The summed E-state index contributed by atoms with van der Waals surface area (Å²) in [4.78, 5) is 28.7. The van der Waals surface area contributed by atoms with Gasteiger partial charge in [-0.15, -0.1) is 0 Å². The van der Waals surface area contributed by atoms with Gasteiger partial charge in [-0.25, -0.2) is 13.2 Å². The van der Waals surface area contributed by atoms with Crippen molar-refractivity contribution in [2.75, 3.05) is 13.7 Å². The molecule has 0 radical (unpaired) electrons. The van der Waals surface area contributed by atoms with Gasteiger partial charge < -0.3 is 9.64 Å². The molecule has 1 aromatic rings. The molecule has 2 atom stereocenters. The van der Waals surface area contributed by atoms with Gasteiger partial charge in [-0.1, -0.05) is 170 Å². The fourth-order valence-corrected chi connectivity index (χ4v) is 9.83. The first-order valence-corrected chi connectivity index (χ1v) is 25.6. The molecule has 0 aromatic heterocycles. The van der Waals surface area contributed by atoms with Crippen molar-refractivity contribution >= 4 is 21.7 Å². The molecule has 1 aliphatic heterocycles. The fourth-order valence-electron chi connectivity index (χ4n) is 8.13. The second-order valence-corrected chi connectivity index (χ2v) is 19.3. The predicted octanol–water partition coefficient (Wildman–Crippen LogP) is 14.3. The van der Waals surface area contributed by atoms with Gasteiger partial charge in [0.15, 0.2) is 9.84 Å². The lowest BCUT2D eigenvalue weighted by molar-refractivity contribution is -0.151. The van der Waals surface area contributed by atoms with E-state index in [-0.39, 0.29) is 29.7 Å². The maximum Gasteiger partial charge on any atom is 0.328 e. The highest BCUT2D eigenvalue weighted by molar-refractivity contribution is 7.92. The van der Waals surface area contributed by atoms with Gasteiger partial charge in [-0.2, -0.15) is 0 Å². The minimum atomic E-state index is -3.72. The van der Waals surface area contributed by atoms with Gasteiger partial charge in [0, 0.05) is 13.0 Å². The average Bonchev–Trinajstić information content (AvgIpc) is 3.70. The molecule has 1 saturated heterocycles. The summed E-state index contributed by atoms with van der Waals surface area (Å²) in [5.74, 6) is -0.427. The summed E-state index contributed by atoms with van der Waals surface area (Å²) in [5, 5.41) is -0.836. The quantitative estimate of drug-likeness (QED) is 0.0386. The highest BCUT2D eigenvalue weighted by Gasteiger charge is 2.46. The van der Waals surface area contributed by atoms with Crippen LogP contribution >= 0.6 is 0 Å². The molecule has 2 rings (SSSR count). The third kappa shape index (κ3) is 23.6. The number of likely N-dealkylation sites (tertiary alicyclic amines) is 1. The van der Waals surface area contributed by atoms with Crippen molar-refractivity contribution in [2.45, 2.75) is 217 Å². The molecule has 59 heavy (non-hydrogen) atoms. The zero-order valence-corrected chi connectivity index (χ0v) is 38.9. The Morgan fingerprint density at radius 2 is 1.07 bits per heavy atom. The Hall–Kier alpha value is -2.93. The number of allylic oxidation sites excluding steroid dienone is 8. The number of hydrogen-bond acceptors (Lipinski definition) is 5. The lowest BCUT2D eigenvalue weighted by Crippen LogP contribution is -2.42. The first-order chi connectivity index (χ1) is 28.7. The number of nitrogens with zero attached hydrogens (tertiary/aromatic N) is 1. The van der Waals surface area contributed by atoms with Crippen LogP contribution in [0.3, 0.4) is 0 Å². The number of esters is 1. The molecule has 6 nitrogen and oxygen atoms in total. The Morgan fingerprint density at radius 3 is 1.51 bits per heavy atom. The number of carbonyl (C=O) groups is 2. The molecule has 1 amide bonds. The molecule has 0 bridgehead atoms. The van der Waals surface area contributed by atoms with E-state index in [4.69, 9.17) is 4.74 Å². The number of ether oxygens (including phenoxy) is 1. The van der Waals surface area contributed by atoms with Crippen LogP contribution in [0, 0.1) is 12.8 Å². The van der Waals surface area contributed by atoms with Crippen LogP contribution in [0.25, 0.3) is 0 Å². The first-order valence-electron chi connectivity index (χ1n) is 24.0. The summed E-state index contributed by atoms with van der Waals surface area (Å²) < 4.78 is 32.4. The predicted molar refractivity (Wildman–Crippen MR) is 250 cm³/mol. The van der Waals surface area contributed by atoms with E-state index in [0.29, 0.717) is 6.42 Å². The van der Waals surface area contributed by atoms with Crippen LogP contribution in [0.2, 0.25) is 0 Å². The zero-order chi connectivity index (χ0) is 42.8. The van der Waals surface area contributed by atoms with Gasteiger partial charge in [0.1, 0.15) is 6.04 Å². The standard InChI is InChI=1S/C52H85NO5S/c1-5-7-9-11-13-15-17-19-21-23-25-27-29-31-33-35-37-47(38-36-34-32-30-28-26-24-22-20-18-16-14-12-10-8-6-2)43-51(54)53-45-49(44-50(53)52(55)58-4)59(56,57)48-41-39-46(3)40-42-48/h13-16,19-22,39-42,47,49-50H,5-12,17-18,23-38,43-45H2,1-4H3/b15-13-,16-14-,21-19-,22-20-/t49-,50-/m0/s1. The summed E-state index contributed by atoms with van der Waals surface area (Å²) >= 11 is 0. The summed E-state index contributed by atoms with van der Waals surface area (Å²) in [5.41, 5.74) is 0.977. The van der Waals surface area contributed by atoms with Crippen LogP contribution < -0.4 is 0 Å². The number of hydrogen-bond donors (Lipinski definition) is 0. The molecule has 1 aliphatic rings. The number of rotatable bonds is 35. The summed E-state index contributed by atoms with van der Waals surface area (Å²) in [6.07, 6.45) is 49.9. The van der Waals surface area contributed by atoms with Crippen molar-refractivity contribution in [3.8, 4) is 0 Å². The topological polar surface area (TPSA) is 80.8 Å². The van der Waals surface area contributed by atoms with Gasteiger partial charge in [0.2, 0.25) is 5.91 Å². The number of carbonyl (C=O) groups excluding carboxylic acids is 2. The van der Waals surface area contributed by atoms with E-state index in [9.17, 15) is 18.0 Å². The van der Waals surface area contributed by atoms with Crippen LogP contribution in [-0.2, 0) is 24.2 Å². The summed E-state index contributed by atoms with van der Waals surface area (Å²) in [6, 6.07) is 5.95. The Balaban J connectivity index is 1.84. The second kappa shape index (κ2) is 33.7. The molecule has 7 heteroatoms. The van der Waals surface area contributed by atoms with Crippen LogP contribution in [-0.4, -0.2) is 50.1 Å². The number of amides is 1. The van der Waals surface area contributed by atoms with Crippen molar-refractivity contribution < 1.29 is 22.7 Å². The first kappa shape index (κ1) is 52.2. The minimum Gasteiger partial charge on any atom is -0.467 e. The molecule has 1 fully saturated rings. The number of methoxy groups -OCH3 is 1. The van der Waals surface area contributed by atoms with Gasteiger partial charge in [0.05, 0.1) is 17.3 Å². The van der Waals surface area contributed by atoms with Gasteiger partial charge in [-0.05, 0) is 108 Å². The molecule has 1 aromatic carbocycles. The Morgan fingerprint density at radius 1 is 0.644 bits per heavy atom. The molecule has 334 valence electrons. The van der Waals surface area contributed by atoms with E-state index in [1.807, 2.05) is 6.92 Å². The van der Waals surface area contributed by atoms with Crippen molar-refractivity contribution in [3.63, 3.8) is 0 Å². The molecule has 0 N–H and O–H groups in total. The lowest BCUT2D eigenvalue weighted by atomic mass is 9.90. The van der Waals surface area contributed by atoms with E-state index in [0.717, 1.165) is 56.9 Å². The molecular formula is C52H85NO5S. The van der Waals surface area contributed by atoms with Gasteiger partial charge >= 0.3 is 5.97 Å². The van der Waals surface area contributed by atoms with E-state index in [1.165, 1.54) is 128 Å². The van der Waals surface area contributed by atoms with Crippen molar-refractivity contribution in [3.05, 3.63) is 78.4 Å². The Kier molecular flexibility index (Phi) is 29.9. The normalized spacial score (nSPS) is 16.3. The maximum atomic E-state index is 14.0. The van der Waals surface area contributed by atoms with Crippen molar-refractivity contribution in [1.82, 2.24) is 4.90 Å². The number of sulfone groups is 1. The number of aryl methyl sites for hydroxylation is 1. The number of benzene rings is 1. The van der Waals surface area contributed by atoms with Gasteiger partial charge in [0.25, 0.3) is 0 Å². The van der Waals surface area contributed by atoms with E-state index in [1.54, 1.807) is 24.3 Å². The van der Waals surface area contributed by atoms with Crippen molar-refractivity contribution in [1.29, 1.82) is 0 Å². The Bertz CT molecular complexity index is 1410. The third-order valence-corrected chi connectivity index (χ3v) is 14.1. The van der Waals surface area contributed by atoms with E-state index < -0.39 is 27.1 Å². The van der Waals surface area contributed by atoms with E-state index in [2.05, 4.69) is 62.5 Å². The Labute approximate surface area is 362 Å². The van der Waals surface area contributed by atoms with Crippen LogP contribution in [0.5, 0.6) is 0 Å². The fraction of sp³-hybridized carbons (Fsp3) is 0.692. The number of unbranched alkanes of at least 4 members (excludes halogenated alkanes) is 18. The molecule has 1 heterocycles. The molecule has 0 spiro atoms. The van der Waals surface area contributed by atoms with Crippen LogP contribution in [0.4, 0.5) is 0 Å². The average molecular weight is 836 g/mol. The molecule has 0 aliphatic carbocycles. The van der Waals surface area contributed by atoms with E-state index >= 15 is 0 Å². The zero-order valence-electron chi connectivity index (χ0n) is 38.1. The monoisotopic (exact) mass is 836 g/mol. The highest BCUT2D eigenvalue weighted by atomic mass is 32.2. The minimum absolute atomic E-state index is 0.0252. The van der Waals surface area contributed by atoms with Crippen LogP contribution in [0.15, 0.2) is 77.8 Å². The maximum absolute atomic E-state index is 14.0. The molecule has 0 unspecified atom stereocenters. The smallest absolute Gasteiger partial charge is 0.328 e. The van der Waals surface area contributed by atoms with Crippen molar-refractivity contribution in [2.24, 2.45) is 5.92 Å². The molecule has 0 saturated carbocycles. The van der Waals surface area contributed by atoms with Gasteiger partial charge in [-0.3, -0.25) is 4.79 Å².